The first kappa shape index (κ1) is 13.2. The van der Waals surface area contributed by atoms with Crippen LogP contribution in [0.5, 0.6) is 0 Å². The Morgan fingerprint density at radius 3 is 2.95 bits per heavy atom. The highest BCUT2D eigenvalue weighted by atomic mass is 16.7. The minimum absolute atomic E-state index is 0.146. The predicted molar refractivity (Wildman–Crippen MR) is 69.3 cm³/mol. The van der Waals surface area contributed by atoms with Crippen molar-refractivity contribution in [3.05, 3.63) is 57.8 Å². The van der Waals surface area contributed by atoms with Gasteiger partial charge in [0.1, 0.15) is 6.10 Å². The van der Waals surface area contributed by atoms with Crippen molar-refractivity contribution < 1.29 is 19.1 Å². The molecule has 0 aliphatic carbocycles. The maximum Gasteiger partial charge on any atom is 0.238 e. The Morgan fingerprint density at radius 2 is 2.20 bits per heavy atom. The summed E-state index contributed by atoms with van der Waals surface area (Å²) in [5.41, 5.74) is 1.59. The summed E-state index contributed by atoms with van der Waals surface area (Å²) in [6.07, 6.45) is 0.503. The number of nitro groups is 1. The second-order valence-electron chi connectivity index (χ2n) is 4.87. The first-order chi connectivity index (χ1) is 9.72. The maximum absolute atomic E-state index is 10.6. The molecule has 2 fully saturated rings. The Labute approximate surface area is 116 Å². The monoisotopic (exact) mass is 277 g/mol. The number of hydrogen-bond acceptors (Lipinski definition) is 5. The fraction of sp³-hybridized carbons (Fsp3) is 0.429. The Hall–Kier alpha value is -1.76. The van der Waals surface area contributed by atoms with Gasteiger partial charge in [-0.15, -0.1) is 0 Å². The molecule has 0 unspecified atom stereocenters. The molecule has 1 aromatic rings. The zero-order valence-electron chi connectivity index (χ0n) is 10.8. The van der Waals surface area contributed by atoms with Crippen LogP contribution in [0.2, 0.25) is 0 Å². The highest BCUT2D eigenvalue weighted by molar-refractivity contribution is 5.14. The molecule has 20 heavy (non-hydrogen) atoms. The molecular formula is C14H15NO5. The highest BCUT2D eigenvalue weighted by Crippen LogP contribution is 2.33. The van der Waals surface area contributed by atoms with Crippen molar-refractivity contribution >= 4 is 0 Å². The average Bonchev–Trinajstić information content (AvgIpc) is 2.87. The summed E-state index contributed by atoms with van der Waals surface area (Å²) in [7, 11) is 0. The van der Waals surface area contributed by atoms with Crippen molar-refractivity contribution in [2.24, 2.45) is 0 Å². The highest BCUT2D eigenvalue weighted by Gasteiger charge is 2.42. The van der Waals surface area contributed by atoms with E-state index in [9.17, 15) is 10.1 Å². The molecule has 3 atom stereocenters. The lowest BCUT2D eigenvalue weighted by Gasteiger charge is -2.28. The van der Waals surface area contributed by atoms with Gasteiger partial charge in [-0.3, -0.25) is 10.1 Å². The smallest absolute Gasteiger partial charge is 0.238 e. The lowest BCUT2D eigenvalue weighted by atomic mass is 10.0. The van der Waals surface area contributed by atoms with E-state index in [0.717, 1.165) is 11.8 Å². The van der Waals surface area contributed by atoms with Crippen LogP contribution in [0.3, 0.4) is 0 Å². The molecule has 3 rings (SSSR count). The van der Waals surface area contributed by atoms with Crippen molar-refractivity contribution in [3.8, 4) is 0 Å². The molecule has 0 aromatic heterocycles. The summed E-state index contributed by atoms with van der Waals surface area (Å²) in [6.45, 7) is 0.876. The minimum Gasteiger partial charge on any atom is -0.370 e. The molecule has 2 bridgehead atoms. The third kappa shape index (κ3) is 2.87. The normalized spacial score (nSPS) is 30.6. The Kier molecular flexibility index (Phi) is 3.77. The van der Waals surface area contributed by atoms with Crippen molar-refractivity contribution in [1.29, 1.82) is 0 Å². The van der Waals surface area contributed by atoms with Crippen molar-refractivity contribution in [2.75, 3.05) is 6.61 Å². The number of rotatable bonds is 4. The van der Waals surface area contributed by atoms with Gasteiger partial charge in [-0.05, 0) is 5.56 Å². The zero-order chi connectivity index (χ0) is 13.9. The van der Waals surface area contributed by atoms with E-state index in [-0.39, 0.29) is 12.2 Å². The second kappa shape index (κ2) is 5.70. The standard InChI is InChI=1S/C14H15NO5/c16-15(17)7-11-6-12(13-9-19-14(11)20-13)18-8-10-4-2-1-3-5-10/h1-5,7,12-14H,6,8-9H2/b11-7+/t12-,13+,14+/m0/s1. The lowest BCUT2D eigenvalue weighted by molar-refractivity contribution is -0.405. The Morgan fingerprint density at radius 1 is 1.40 bits per heavy atom. The first-order valence-corrected chi connectivity index (χ1v) is 6.49. The SMILES string of the molecule is O=[N+]([O-])/C=C1\C[C@H](OCc2ccccc2)[C@H]2CO[C@@H]1O2. The fourth-order valence-electron chi connectivity index (χ4n) is 2.46. The molecule has 6 heteroatoms. The molecule has 0 saturated carbocycles. The molecule has 2 saturated heterocycles. The van der Waals surface area contributed by atoms with Gasteiger partial charge in [0.25, 0.3) is 0 Å². The van der Waals surface area contributed by atoms with E-state index in [1.54, 1.807) is 0 Å². The first-order valence-electron chi connectivity index (χ1n) is 6.49. The number of nitrogens with zero attached hydrogens (tertiary/aromatic N) is 1. The van der Waals surface area contributed by atoms with Gasteiger partial charge in [0, 0.05) is 6.42 Å². The van der Waals surface area contributed by atoms with Crippen molar-refractivity contribution in [3.63, 3.8) is 0 Å². The Balaban J connectivity index is 1.65. The molecule has 2 heterocycles. The molecule has 0 spiro atoms. The van der Waals surface area contributed by atoms with Crippen LogP contribution in [-0.4, -0.2) is 30.0 Å². The number of hydrogen-bond donors (Lipinski definition) is 0. The van der Waals surface area contributed by atoms with Gasteiger partial charge in [-0.25, -0.2) is 0 Å². The molecule has 2 aliphatic heterocycles. The molecule has 0 N–H and O–H groups in total. The van der Waals surface area contributed by atoms with Crippen LogP contribution in [0, 0.1) is 10.1 Å². The number of benzene rings is 1. The van der Waals surface area contributed by atoms with E-state index in [1.165, 1.54) is 0 Å². The summed E-state index contributed by atoms with van der Waals surface area (Å²) in [6, 6.07) is 9.79. The maximum atomic E-state index is 10.6. The van der Waals surface area contributed by atoms with E-state index in [0.29, 0.717) is 25.2 Å². The summed E-state index contributed by atoms with van der Waals surface area (Å²) < 4.78 is 16.8. The van der Waals surface area contributed by atoms with Crippen LogP contribution in [0.15, 0.2) is 42.1 Å². The van der Waals surface area contributed by atoms with Gasteiger partial charge in [-0.2, -0.15) is 0 Å². The van der Waals surface area contributed by atoms with Gasteiger partial charge < -0.3 is 14.2 Å². The van der Waals surface area contributed by atoms with Crippen molar-refractivity contribution in [2.45, 2.75) is 31.5 Å². The molecule has 0 amide bonds. The van der Waals surface area contributed by atoms with Gasteiger partial charge in [0.05, 0.1) is 29.8 Å². The summed E-state index contributed by atoms with van der Waals surface area (Å²) in [5.74, 6) is 0. The second-order valence-corrected chi connectivity index (χ2v) is 4.87. The van der Waals surface area contributed by atoms with E-state index < -0.39 is 11.2 Å². The van der Waals surface area contributed by atoms with Gasteiger partial charge in [0.15, 0.2) is 6.29 Å². The zero-order valence-corrected chi connectivity index (χ0v) is 10.8. The number of fused-ring (bicyclic) bond motifs is 2. The fourth-order valence-corrected chi connectivity index (χ4v) is 2.46. The van der Waals surface area contributed by atoms with Crippen LogP contribution in [-0.2, 0) is 20.8 Å². The van der Waals surface area contributed by atoms with E-state index >= 15 is 0 Å². The molecule has 0 radical (unpaired) electrons. The van der Waals surface area contributed by atoms with E-state index in [2.05, 4.69) is 0 Å². The average molecular weight is 277 g/mol. The van der Waals surface area contributed by atoms with Gasteiger partial charge >= 0.3 is 0 Å². The Bertz CT molecular complexity index is 516. The molecular weight excluding hydrogens is 262 g/mol. The minimum atomic E-state index is -0.582. The van der Waals surface area contributed by atoms with Gasteiger partial charge in [-0.1, -0.05) is 30.3 Å². The molecule has 6 nitrogen and oxygen atoms in total. The summed E-state index contributed by atoms with van der Waals surface area (Å²) in [5, 5.41) is 10.6. The number of ether oxygens (including phenoxy) is 3. The van der Waals surface area contributed by atoms with Crippen LogP contribution < -0.4 is 0 Å². The largest absolute Gasteiger partial charge is 0.370 e. The summed E-state index contributed by atoms with van der Waals surface area (Å²) in [4.78, 5) is 10.1. The van der Waals surface area contributed by atoms with Crippen molar-refractivity contribution in [1.82, 2.24) is 0 Å². The molecule has 106 valence electrons. The molecule has 2 aliphatic rings. The van der Waals surface area contributed by atoms with Crippen LogP contribution >= 0.6 is 0 Å². The molecule has 1 aromatic carbocycles. The summed E-state index contributed by atoms with van der Waals surface area (Å²) >= 11 is 0. The van der Waals surface area contributed by atoms with Crippen LogP contribution in [0.25, 0.3) is 0 Å². The van der Waals surface area contributed by atoms with E-state index in [1.807, 2.05) is 30.3 Å². The third-order valence-electron chi connectivity index (χ3n) is 3.44. The predicted octanol–water partition coefficient (Wildman–Crippen LogP) is 1.88. The lowest BCUT2D eigenvalue weighted by Crippen LogP contribution is -2.37. The van der Waals surface area contributed by atoms with Gasteiger partial charge in [0.2, 0.25) is 6.20 Å². The van der Waals surface area contributed by atoms with Crippen LogP contribution in [0.1, 0.15) is 12.0 Å². The van der Waals surface area contributed by atoms with Crippen LogP contribution in [0.4, 0.5) is 0 Å². The van der Waals surface area contributed by atoms with E-state index in [4.69, 9.17) is 14.2 Å². The third-order valence-corrected chi connectivity index (χ3v) is 3.44. The topological polar surface area (TPSA) is 70.8 Å². The quantitative estimate of drug-likeness (QED) is 0.620.